The first kappa shape index (κ1) is 11.1. The first-order valence-corrected chi connectivity index (χ1v) is 3.77. The van der Waals surface area contributed by atoms with E-state index in [1.165, 1.54) is 6.92 Å². The summed E-state index contributed by atoms with van der Waals surface area (Å²) < 4.78 is 0. The molecule has 0 aromatic rings. The lowest BCUT2D eigenvalue weighted by molar-refractivity contribution is -0.122. The summed E-state index contributed by atoms with van der Waals surface area (Å²) in [6, 6.07) is -0.465. The summed E-state index contributed by atoms with van der Waals surface area (Å²) in [5, 5.41) is 0. The monoisotopic (exact) mass is 171 g/mol. The van der Waals surface area contributed by atoms with Gasteiger partial charge in [0, 0.05) is 18.2 Å². The van der Waals surface area contributed by atoms with Crippen LogP contribution < -0.4 is 17.2 Å². The quantitative estimate of drug-likeness (QED) is 0.530. The maximum Gasteiger partial charge on any atom is 0.150 e. The number of rotatable bonds is 4. The maximum absolute atomic E-state index is 11.0. The standard InChI is InChI=1S/C8H17N3O/c1-5(9)4-7(10)8(3,11)6(2)12/h7H,1,4,9-11H2,2-3H3. The third-order valence-electron chi connectivity index (χ3n) is 2.01. The van der Waals surface area contributed by atoms with Crippen LogP contribution in [0.2, 0.25) is 0 Å². The van der Waals surface area contributed by atoms with Crippen molar-refractivity contribution in [2.75, 3.05) is 0 Å². The van der Waals surface area contributed by atoms with Gasteiger partial charge in [0.15, 0.2) is 5.78 Å². The van der Waals surface area contributed by atoms with E-state index in [4.69, 9.17) is 17.2 Å². The molecule has 0 heterocycles. The summed E-state index contributed by atoms with van der Waals surface area (Å²) >= 11 is 0. The first-order chi connectivity index (χ1) is 5.28. The molecule has 2 unspecified atom stereocenters. The molecule has 0 saturated heterocycles. The van der Waals surface area contributed by atoms with Crippen LogP contribution in [0.5, 0.6) is 0 Å². The van der Waals surface area contributed by atoms with Crippen LogP contribution in [0.1, 0.15) is 20.3 Å². The molecule has 0 fully saturated rings. The number of ketones is 1. The molecule has 0 amide bonds. The van der Waals surface area contributed by atoms with Crippen molar-refractivity contribution in [3.05, 3.63) is 12.3 Å². The Labute approximate surface area is 72.8 Å². The maximum atomic E-state index is 11.0. The molecule has 0 aliphatic carbocycles. The van der Waals surface area contributed by atoms with Gasteiger partial charge in [0.25, 0.3) is 0 Å². The average Bonchev–Trinajstić information content (AvgIpc) is 1.85. The fourth-order valence-electron chi connectivity index (χ4n) is 0.756. The molecular formula is C8H17N3O. The minimum absolute atomic E-state index is 0.142. The van der Waals surface area contributed by atoms with E-state index in [0.29, 0.717) is 12.1 Å². The van der Waals surface area contributed by atoms with Gasteiger partial charge in [0.05, 0.1) is 5.54 Å². The minimum atomic E-state index is -1.01. The molecule has 0 spiro atoms. The molecule has 0 aliphatic rings. The fourth-order valence-corrected chi connectivity index (χ4v) is 0.756. The Hall–Kier alpha value is -0.870. The van der Waals surface area contributed by atoms with Gasteiger partial charge in [-0.1, -0.05) is 6.58 Å². The zero-order valence-corrected chi connectivity index (χ0v) is 7.63. The Morgan fingerprint density at radius 1 is 1.67 bits per heavy atom. The summed E-state index contributed by atoms with van der Waals surface area (Å²) in [6.07, 6.45) is 0.368. The summed E-state index contributed by atoms with van der Waals surface area (Å²) in [5.41, 5.74) is 16.1. The van der Waals surface area contributed by atoms with E-state index < -0.39 is 11.6 Å². The van der Waals surface area contributed by atoms with Gasteiger partial charge in [-0.25, -0.2) is 0 Å². The van der Waals surface area contributed by atoms with E-state index >= 15 is 0 Å². The molecule has 0 bridgehead atoms. The molecular weight excluding hydrogens is 154 g/mol. The highest BCUT2D eigenvalue weighted by Crippen LogP contribution is 2.10. The van der Waals surface area contributed by atoms with Gasteiger partial charge in [0.2, 0.25) is 0 Å². The van der Waals surface area contributed by atoms with E-state index in [-0.39, 0.29) is 5.78 Å². The number of carbonyl (C=O) groups excluding carboxylic acids is 1. The van der Waals surface area contributed by atoms with E-state index in [0.717, 1.165) is 0 Å². The lowest BCUT2D eigenvalue weighted by Crippen LogP contribution is -2.58. The van der Waals surface area contributed by atoms with Crippen molar-refractivity contribution >= 4 is 5.78 Å². The molecule has 6 N–H and O–H groups in total. The van der Waals surface area contributed by atoms with E-state index in [1.54, 1.807) is 6.92 Å². The number of carbonyl (C=O) groups is 1. The molecule has 70 valence electrons. The minimum Gasteiger partial charge on any atom is -0.402 e. The van der Waals surface area contributed by atoms with Crippen molar-refractivity contribution in [2.45, 2.75) is 31.8 Å². The highest BCUT2D eigenvalue weighted by atomic mass is 16.1. The van der Waals surface area contributed by atoms with Crippen LogP contribution in [0.15, 0.2) is 12.3 Å². The molecule has 0 aromatic heterocycles. The van der Waals surface area contributed by atoms with Gasteiger partial charge in [-0.05, 0) is 13.8 Å². The lowest BCUT2D eigenvalue weighted by atomic mass is 9.87. The van der Waals surface area contributed by atoms with Crippen LogP contribution in [0, 0.1) is 0 Å². The summed E-state index contributed by atoms with van der Waals surface area (Å²) in [5.74, 6) is -0.142. The van der Waals surface area contributed by atoms with Crippen LogP contribution in [-0.4, -0.2) is 17.4 Å². The molecule has 0 aliphatic heterocycles. The Morgan fingerprint density at radius 2 is 2.08 bits per heavy atom. The predicted molar refractivity (Wildman–Crippen MR) is 49.2 cm³/mol. The van der Waals surface area contributed by atoms with Crippen LogP contribution in [-0.2, 0) is 4.79 Å². The van der Waals surface area contributed by atoms with Crippen molar-refractivity contribution in [2.24, 2.45) is 17.2 Å². The van der Waals surface area contributed by atoms with E-state index in [9.17, 15) is 4.79 Å². The second-order valence-electron chi connectivity index (χ2n) is 3.31. The fraction of sp³-hybridized carbons (Fsp3) is 0.625. The molecule has 0 aromatic carbocycles. The number of hydrogen-bond acceptors (Lipinski definition) is 4. The van der Waals surface area contributed by atoms with Crippen molar-refractivity contribution in [1.29, 1.82) is 0 Å². The number of nitrogens with two attached hydrogens (primary N) is 3. The Morgan fingerprint density at radius 3 is 2.33 bits per heavy atom. The molecule has 0 radical (unpaired) electrons. The van der Waals surface area contributed by atoms with Gasteiger partial charge in [-0.3, -0.25) is 4.79 Å². The Bertz CT molecular complexity index is 198. The molecule has 4 heteroatoms. The summed E-state index contributed by atoms with van der Waals surface area (Å²) in [4.78, 5) is 11.0. The van der Waals surface area contributed by atoms with Crippen LogP contribution in [0.4, 0.5) is 0 Å². The second kappa shape index (κ2) is 3.69. The third-order valence-corrected chi connectivity index (χ3v) is 2.01. The zero-order valence-electron chi connectivity index (χ0n) is 7.63. The second-order valence-corrected chi connectivity index (χ2v) is 3.31. The van der Waals surface area contributed by atoms with Crippen LogP contribution >= 0.6 is 0 Å². The molecule has 4 nitrogen and oxygen atoms in total. The van der Waals surface area contributed by atoms with Crippen molar-refractivity contribution < 1.29 is 4.79 Å². The SMILES string of the molecule is C=C(N)CC(N)C(C)(N)C(C)=O. The summed E-state index contributed by atoms with van der Waals surface area (Å²) in [6.45, 7) is 6.51. The van der Waals surface area contributed by atoms with Gasteiger partial charge in [-0.15, -0.1) is 0 Å². The lowest BCUT2D eigenvalue weighted by Gasteiger charge is -2.28. The van der Waals surface area contributed by atoms with Gasteiger partial charge < -0.3 is 17.2 Å². The molecule has 12 heavy (non-hydrogen) atoms. The summed E-state index contributed by atoms with van der Waals surface area (Å²) in [7, 11) is 0. The number of hydrogen-bond donors (Lipinski definition) is 3. The first-order valence-electron chi connectivity index (χ1n) is 3.77. The van der Waals surface area contributed by atoms with Gasteiger partial charge in [-0.2, -0.15) is 0 Å². The number of Topliss-reactive ketones (excluding diaryl/α,β-unsaturated/α-hetero) is 1. The van der Waals surface area contributed by atoms with Crippen LogP contribution in [0.3, 0.4) is 0 Å². The van der Waals surface area contributed by atoms with E-state index in [2.05, 4.69) is 6.58 Å². The normalized spacial score (nSPS) is 18.0. The highest BCUT2D eigenvalue weighted by Gasteiger charge is 2.31. The average molecular weight is 171 g/mol. The Balaban J connectivity index is 4.35. The van der Waals surface area contributed by atoms with Crippen molar-refractivity contribution in [1.82, 2.24) is 0 Å². The smallest absolute Gasteiger partial charge is 0.150 e. The highest BCUT2D eigenvalue weighted by molar-refractivity contribution is 5.86. The van der Waals surface area contributed by atoms with Crippen molar-refractivity contribution in [3.8, 4) is 0 Å². The van der Waals surface area contributed by atoms with Gasteiger partial charge >= 0.3 is 0 Å². The van der Waals surface area contributed by atoms with Gasteiger partial charge in [0.1, 0.15) is 0 Å². The molecule has 0 rings (SSSR count). The largest absolute Gasteiger partial charge is 0.402 e. The Kier molecular flexibility index (Phi) is 3.42. The third kappa shape index (κ3) is 2.64. The van der Waals surface area contributed by atoms with Crippen molar-refractivity contribution in [3.63, 3.8) is 0 Å². The topological polar surface area (TPSA) is 95.1 Å². The van der Waals surface area contributed by atoms with Crippen LogP contribution in [0.25, 0.3) is 0 Å². The zero-order chi connectivity index (χ0) is 9.94. The van der Waals surface area contributed by atoms with E-state index in [1.807, 2.05) is 0 Å². The molecule has 0 saturated carbocycles. The predicted octanol–water partition coefficient (Wildman–Crippen LogP) is -0.517. The molecule has 2 atom stereocenters.